The lowest BCUT2D eigenvalue weighted by Gasteiger charge is -2.47. The van der Waals surface area contributed by atoms with Crippen LogP contribution in [0.4, 0.5) is 10.2 Å². The molecule has 1 aromatic rings. The van der Waals surface area contributed by atoms with Gasteiger partial charge in [-0.25, -0.2) is 14.2 Å². The molecule has 0 aromatic carbocycles. The van der Waals surface area contributed by atoms with Gasteiger partial charge in [0.2, 0.25) is 0 Å². The minimum atomic E-state index is -1.18. The summed E-state index contributed by atoms with van der Waals surface area (Å²) < 4.78 is 13.0. The van der Waals surface area contributed by atoms with Crippen LogP contribution in [0.1, 0.15) is 29.6 Å². The molecule has 104 valence electrons. The molecule has 2 N–H and O–H groups in total. The van der Waals surface area contributed by atoms with Gasteiger partial charge in [0.05, 0.1) is 6.20 Å². The maximum atomic E-state index is 13.0. The summed E-state index contributed by atoms with van der Waals surface area (Å²) in [6.45, 7) is 0.610. The SMILES string of the molecule is CN(C)C1(CNc2ncc(F)cc2C(=O)O)CCC1. The number of carboxylic acid groups (broad SMARTS) is 1. The number of pyridine rings is 1. The molecular weight excluding hydrogens is 249 g/mol. The van der Waals surface area contributed by atoms with Crippen molar-refractivity contribution in [1.82, 2.24) is 9.88 Å². The minimum Gasteiger partial charge on any atom is -0.478 e. The number of carboxylic acids is 1. The second-order valence-corrected chi connectivity index (χ2v) is 5.18. The van der Waals surface area contributed by atoms with Gasteiger partial charge < -0.3 is 15.3 Å². The van der Waals surface area contributed by atoms with Gasteiger partial charge >= 0.3 is 5.97 Å². The van der Waals surface area contributed by atoms with Crippen LogP contribution in [-0.4, -0.2) is 47.1 Å². The van der Waals surface area contributed by atoms with Crippen LogP contribution in [-0.2, 0) is 0 Å². The normalized spacial score (nSPS) is 17.1. The zero-order valence-corrected chi connectivity index (χ0v) is 11.1. The van der Waals surface area contributed by atoms with Crippen LogP contribution in [0, 0.1) is 5.82 Å². The first-order valence-corrected chi connectivity index (χ1v) is 6.25. The summed E-state index contributed by atoms with van der Waals surface area (Å²) in [5, 5.41) is 12.1. The smallest absolute Gasteiger partial charge is 0.339 e. The topological polar surface area (TPSA) is 65.5 Å². The third-order valence-electron chi connectivity index (χ3n) is 3.90. The molecule has 0 atom stereocenters. The van der Waals surface area contributed by atoms with Gasteiger partial charge in [0.15, 0.2) is 0 Å². The lowest BCUT2D eigenvalue weighted by atomic mass is 9.75. The first kappa shape index (κ1) is 13.7. The van der Waals surface area contributed by atoms with E-state index in [-0.39, 0.29) is 16.9 Å². The van der Waals surface area contributed by atoms with Crippen LogP contribution in [0.3, 0.4) is 0 Å². The summed E-state index contributed by atoms with van der Waals surface area (Å²) >= 11 is 0. The molecule has 1 heterocycles. The van der Waals surface area contributed by atoms with E-state index in [2.05, 4.69) is 15.2 Å². The van der Waals surface area contributed by atoms with E-state index in [0.717, 1.165) is 25.1 Å². The van der Waals surface area contributed by atoms with Gasteiger partial charge in [-0.3, -0.25) is 0 Å². The van der Waals surface area contributed by atoms with Crippen LogP contribution in [0.5, 0.6) is 0 Å². The Hall–Kier alpha value is -1.69. The first-order chi connectivity index (χ1) is 8.94. The molecule has 1 aromatic heterocycles. The molecule has 2 rings (SSSR count). The average molecular weight is 267 g/mol. The molecule has 1 aliphatic rings. The number of nitrogens with one attached hydrogen (secondary N) is 1. The fourth-order valence-electron chi connectivity index (χ4n) is 2.36. The number of halogens is 1. The lowest BCUT2D eigenvalue weighted by molar-refractivity contribution is 0.0692. The van der Waals surface area contributed by atoms with Crippen molar-refractivity contribution in [2.75, 3.05) is 26.0 Å². The van der Waals surface area contributed by atoms with Gasteiger partial charge in [-0.05, 0) is 39.4 Å². The maximum absolute atomic E-state index is 13.0. The molecule has 0 bridgehead atoms. The predicted octanol–water partition coefficient (Wildman–Crippen LogP) is 1.82. The number of anilines is 1. The minimum absolute atomic E-state index is 0.0475. The van der Waals surface area contributed by atoms with Crippen molar-refractivity contribution in [1.29, 1.82) is 0 Å². The molecule has 0 saturated heterocycles. The molecule has 0 radical (unpaired) electrons. The van der Waals surface area contributed by atoms with Crippen molar-refractivity contribution >= 4 is 11.8 Å². The van der Waals surface area contributed by atoms with Crippen molar-refractivity contribution in [2.24, 2.45) is 0 Å². The first-order valence-electron chi connectivity index (χ1n) is 6.25. The van der Waals surface area contributed by atoms with Gasteiger partial charge in [0.25, 0.3) is 0 Å². The van der Waals surface area contributed by atoms with Crippen LogP contribution < -0.4 is 5.32 Å². The van der Waals surface area contributed by atoms with Gasteiger partial charge in [0, 0.05) is 12.1 Å². The van der Waals surface area contributed by atoms with E-state index in [9.17, 15) is 9.18 Å². The Labute approximate surface area is 111 Å². The molecule has 19 heavy (non-hydrogen) atoms. The summed E-state index contributed by atoms with van der Waals surface area (Å²) in [5.41, 5.74) is -0.0838. The van der Waals surface area contributed by atoms with Crippen LogP contribution in [0.25, 0.3) is 0 Å². The van der Waals surface area contributed by atoms with Crippen molar-refractivity contribution in [3.05, 3.63) is 23.6 Å². The zero-order chi connectivity index (χ0) is 14.0. The number of likely N-dealkylation sites (N-methyl/N-ethyl adjacent to an activating group) is 1. The third kappa shape index (κ3) is 2.68. The summed E-state index contributed by atoms with van der Waals surface area (Å²) in [6.07, 6.45) is 4.33. The summed E-state index contributed by atoms with van der Waals surface area (Å²) in [7, 11) is 4.02. The fraction of sp³-hybridized carbons (Fsp3) is 0.538. The second kappa shape index (κ2) is 5.13. The van der Waals surface area contributed by atoms with Crippen molar-refractivity contribution < 1.29 is 14.3 Å². The van der Waals surface area contributed by atoms with E-state index in [1.165, 1.54) is 6.42 Å². The number of rotatable bonds is 5. The molecule has 1 fully saturated rings. The second-order valence-electron chi connectivity index (χ2n) is 5.18. The van der Waals surface area contributed by atoms with E-state index in [4.69, 9.17) is 5.11 Å². The Kier molecular flexibility index (Phi) is 3.71. The quantitative estimate of drug-likeness (QED) is 0.852. The summed E-state index contributed by atoms with van der Waals surface area (Å²) in [6, 6.07) is 0.987. The van der Waals surface area contributed by atoms with E-state index in [1.54, 1.807) is 0 Å². The largest absolute Gasteiger partial charge is 0.478 e. The van der Waals surface area contributed by atoms with E-state index >= 15 is 0 Å². The van der Waals surface area contributed by atoms with Crippen molar-refractivity contribution in [3.8, 4) is 0 Å². The van der Waals surface area contributed by atoms with E-state index in [1.807, 2.05) is 14.1 Å². The Morgan fingerprint density at radius 1 is 1.58 bits per heavy atom. The highest BCUT2D eigenvalue weighted by molar-refractivity contribution is 5.93. The zero-order valence-electron chi connectivity index (χ0n) is 11.1. The molecule has 6 heteroatoms. The molecular formula is C13H18FN3O2. The average Bonchev–Trinajstić information content (AvgIpc) is 2.28. The number of aromatic nitrogens is 1. The van der Waals surface area contributed by atoms with Gasteiger partial charge in [0.1, 0.15) is 17.2 Å². The Balaban J connectivity index is 2.13. The molecule has 0 unspecified atom stereocenters. The number of hydrogen-bond acceptors (Lipinski definition) is 4. The molecule has 0 amide bonds. The van der Waals surface area contributed by atoms with Crippen molar-refractivity contribution in [2.45, 2.75) is 24.8 Å². The molecule has 0 aliphatic heterocycles. The number of carbonyl (C=O) groups is 1. The number of aromatic carboxylic acids is 1. The Bertz CT molecular complexity index is 487. The standard InChI is InChI=1S/C13H18FN3O2/c1-17(2)13(4-3-5-13)8-16-11-10(12(18)19)6-9(14)7-15-11/h6-7H,3-5,8H2,1-2H3,(H,15,16)(H,18,19). The number of nitrogens with zero attached hydrogens (tertiary/aromatic N) is 2. The van der Waals surface area contributed by atoms with Gasteiger partial charge in [-0.15, -0.1) is 0 Å². The fourth-order valence-corrected chi connectivity index (χ4v) is 2.36. The summed E-state index contributed by atoms with van der Waals surface area (Å²) in [4.78, 5) is 17.0. The van der Waals surface area contributed by atoms with Crippen LogP contribution in [0.2, 0.25) is 0 Å². The highest BCUT2D eigenvalue weighted by Crippen LogP contribution is 2.36. The number of hydrogen-bond donors (Lipinski definition) is 2. The predicted molar refractivity (Wildman–Crippen MR) is 69.9 cm³/mol. The van der Waals surface area contributed by atoms with Crippen LogP contribution >= 0.6 is 0 Å². The molecule has 1 saturated carbocycles. The Morgan fingerprint density at radius 2 is 2.26 bits per heavy atom. The third-order valence-corrected chi connectivity index (χ3v) is 3.90. The molecule has 5 nitrogen and oxygen atoms in total. The Morgan fingerprint density at radius 3 is 2.74 bits per heavy atom. The molecule has 1 aliphatic carbocycles. The highest BCUT2D eigenvalue weighted by Gasteiger charge is 2.39. The monoisotopic (exact) mass is 267 g/mol. The summed E-state index contributed by atoms with van der Waals surface area (Å²) in [5.74, 6) is -1.60. The van der Waals surface area contributed by atoms with Crippen molar-refractivity contribution in [3.63, 3.8) is 0 Å². The lowest BCUT2D eigenvalue weighted by Crippen LogP contribution is -2.54. The van der Waals surface area contributed by atoms with E-state index < -0.39 is 11.8 Å². The van der Waals surface area contributed by atoms with Gasteiger partial charge in [-0.2, -0.15) is 0 Å². The maximum Gasteiger partial charge on any atom is 0.339 e. The van der Waals surface area contributed by atoms with Crippen LogP contribution in [0.15, 0.2) is 12.3 Å². The van der Waals surface area contributed by atoms with Gasteiger partial charge in [-0.1, -0.05) is 0 Å². The van der Waals surface area contributed by atoms with E-state index in [0.29, 0.717) is 6.54 Å². The highest BCUT2D eigenvalue weighted by atomic mass is 19.1. The molecule has 0 spiro atoms.